The van der Waals surface area contributed by atoms with Crippen LogP contribution in [0.25, 0.3) is 0 Å². The van der Waals surface area contributed by atoms with Gasteiger partial charge in [-0.05, 0) is 55.7 Å². The monoisotopic (exact) mass is 368 g/mol. The van der Waals surface area contributed by atoms with E-state index < -0.39 is 23.1 Å². The van der Waals surface area contributed by atoms with Gasteiger partial charge in [0.25, 0.3) is 0 Å². The lowest BCUT2D eigenvalue weighted by Gasteiger charge is -2.30. The normalized spacial score (nSPS) is 18.5. The summed E-state index contributed by atoms with van der Waals surface area (Å²) in [4.78, 5) is 0. The highest BCUT2D eigenvalue weighted by Crippen LogP contribution is 2.38. The summed E-state index contributed by atoms with van der Waals surface area (Å²) in [5.41, 5.74) is -1.79. The van der Waals surface area contributed by atoms with Crippen molar-refractivity contribution >= 4 is 11.4 Å². The number of benzene rings is 1. The summed E-state index contributed by atoms with van der Waals surface area (Å²) in [6.07, 6.45) is -3.79. The summed E-state index contributed by atoms with van der Waals surface area (Å²) < 4.78 is 62.2. The Balaban J connectivity index is 2.75. The molecule has 0 spiro atoms. The van der Waals surface area contributed by atoms with E-state index in [1.54, 1.807) is 31.2 Å². The van der Waals surface area contributed by atoms with E-state index in [9.17, 15) is 22.5 Å². The Bertz CT molecular complexity index is 543. The van der Waals surface area contributed by atoms with E-state index in [4.69, 9.17) is 4.55 Å². The molecule has 0 radical (unpaired) electrons. The summed E-state index contributed by atoms with van der Waals surface area (Å²) in [7, 11) is 0. The Kier molecular flexibility index (Phi) is 7.25. The summed E-state index contributed by atoms with van der Waals surface area (Å²) in [6.45, 7) is 4.42. The third kappa shape index (κ3) is 6.07. The molecule has 0 aliphatic heterocycles. The number of alkyl halides is 3. The van der Waals surface area contributed by atoms with Crippen LogP contribution in [0.2, 0.25) is 0 Å². The lowest BCUT2D eigenvalue weighted by molar-refractivity contribution is -0.258. The number of hydrogen-bond acceptors (Lipinski definition) is 3. The van der Waals surface area contributed by atoms with Crippen LogP contribution in [0.3, 0.4) is 0 Å². The van der Waals surface area contributed by atoms with Gasteiger partial charge in [0.2, 0.25) is 0 Å². The van der Waals surface area contributed by atoms with Crippen LogP contribution in [0.5, 0.6) is 5.75 Å². The van der Waals surface area contributed by atoms with Crippen molar-refractivity contribution < 1.29 is 31.2 Å². The molecule has 1 aromatic carbocycles. The summed E-state index contributed by atoms with van der Waals surface area (Å²) in [5.74, 6) is -0.0624. The quantitative estimate of drug-likeness (QED) is 0.667. The Morgan fingerprint density at radius 1 is 1.25 bits per heavy atom. The molecule has 0 heterocycles. The van der Waals surface area contributed by atoms with Gasteiger partial charge in [-0.25, -0.2) is 0 Å². The lowest BCUT2D eigenvalue weighted by atomic mass is 9.82. The SMILES string of the molecule is CCC(CC(C)CC(C)(O)C(F)(F)F)c1ccc(OS(=O)O)cc1. The summed E-state index contributed by atoms with van der Waals surface area (Å²) in [5, 5.41) is 9.60. The molecule has 2 N–H and O–H groups in total. The zero-order valence-corrected chi connectivity index (χ0v) is 14.7. The van der Waals surface area contributed by atoms with Crippen LogP contribution < -0.4 is 4.18 Å². The molecule has 0 fully saturated rings. The smallest absolute Gasteiger partial charge is 0.381 e. The molecule has 138 valence electrons. The van der Waals surface area contributed by atoms with Crippen LogP contribution in [0.4, 0.5) is 13.2 Å². The Labute approximate surface area is 142 Å². The van der Waals surface area contributed by atoms with E-state index >= 15 is 0 Å². The van der Waals surface area contributed by atoms with Crippen LogP contribution in [0.15, 0.2) is 24.3 Å². The maximum absolute atomic E-state index is 12.8. The van der Waals surface area contributed by atoms with Crippen molar-refractivity contribution in [3.8, 4) is 5.75 Å². The molecule has 4 nitrogen and oxygen atoms in total. The minimum atomic E-state index is -4.65. The highest BCUT2D eigenvalue weighted by Gasteiger charge is 2.50. The molecule has 1 aromatic rings. The van der Waals surface area contributed by atoms with Gasteiger partial charge in [0.05, 0.1) is 0 Å². The molecule has 0 amide bonds. The Morgan fingerprint density at radius 3 is 2.21 bits per heavy atom. The van der Waals surface area contributed by atoms with Gasteiger partial charge in [-0.2, -0.15) is 17.4 Å². The number of rotatable bonds is 8. The zero-order chi connectivity index (χ0) is 18.5. The van der Waals surface area contributed by atoms with Crippen LogP contribution in [-0.2, 0) is 11.4 Å². The molecule has 0 saturated carbocycles. The van der Waals surface area contributed by atoms with Crippen molar-refractivity contribution in [1.29, 1.82) is 0 Å². The fourth-order valence-electron chi connectivity index (χ4n) is 2.78. The van der Waals surface area contributed by atoms with Gasteiger partial charge in [0.15, 0.2) is 5.60 Å². The van der Waals surface area contributed by atoms with Gasteiger partial charge >= 0.3 is 17.5 Å². The Morgan fingerprint density at radius 2 is 1.79 bits per heavy atom. The molecule has 1 rings (SSSR count). The first-order chi connectivity index (χ1) is 11.0. The molecule has 8 heteroatoms. The minimum Gasteiger partial charge on any atom is -0.381 e. The van der Waals surface area contributed by atoms with Crippen LogP contribution in [-0.4, -0.2) is 25.6 Å². The average molecular weight is 368 g/mol. The van der Waals surface area contributed by atoms with Gasteiger partial charge < -0.3 is 9.29 Å². The van der Waals surface area contributed by atoms with E-state index in [0.717, 1.165) is 18.9 Å². The molecule has 0 bridgehead atoms. The van der Waals surface area contributed by atoms with Crippen molar-refractivity contribution in [2.45, 2.75) is 57.7 Å². The van der Waals surface area contributed by atoms with Crippen LogP contribution in [0.1, 0.15) is 51.5 Å². The first-order valence-corrected chi connectivity index (χ1v) is 8.67. The van der Waals surface area contributed by atoms with Gasteiger partial charge in [-0.3, -0.25) is 4.55 Å². The topological polar surface area (TPSA) is 66.8 Å². The van der Waals surface area contributed by atoms with E-state index in [1.165, 1.54) is 0 Å². The predicted octanol–water partition coefficient (Wildman–Crippen LogP) is 4.43. The molecule has 0 aromatic heterocycles. The molecule has 0 aliphatic rings. The highest BCUT2D eigenvalue weighted by molar-refractivity contribution is 7.74. The minimum absolute atomic E-state index is 0.0257. The van der Waals surface area contributed by atoms with E-state index in [-0.39, 0.29) is 24.0 Å². The van der Waals surface area contributed by atoms with E-state index in [0.29, 0.717) is 6.42 Å². The maximum atomic E-state index is 12.8. The second-order valence-corrected chi connectivity index (χ2v) is 6.89. The molecular formula is C16H23F3O4S. The molecule has 0 aliphatic carbocycles. The van der Waals surface area contributed by atoms with Crippen LogP contribution >= 0.6 is 0 Å². The Hall–Kier alpha value is -1.12. The second-order valence-electron chi connectivity index (χ2n) is 6.29. The van der Waals surface area contributed by atoms with Crippen molar-refractivity contribution in [3.63, 3.8) is 0 Å². The van der Waals surface area contributed by atoms with E-state index in [1.807, 2.05) is 6.92 Å². The number of aliphatic hydroxyl groups is 1. The zero-order valence-electron chi connectivity index (χ0n) is 13.8. The van der Waals surface area contributed by atoms with Crippen molar-refractivity contribution in [3.05, 3.63) is 29.8 Å². The first kappa shape index (κ1) is 20.9. The molecule has 4 unspecified atom stereocenters. The standard InChI is InChI=1S/C16H23F3O4S/c1-4-12(9-11(2)10-15(3,20)16(17,18)19)13-5-7-14(8-6-13)23-24(21)22/h5-8,11-12,20H,4,9-10H2,1-3H3,(H,21,22). The number of halogens is 3. The van der Waals surface area contributed by atoms with Gasteiger partial charge in [-0.1, -0.05) is 26.0 Å². The third-order valence-electron chi connectivity index (χ3n) is 4.06. The number of hydrogen-bond donors (Lipinski definition) is 2. The largest absolute Gasteiger partial charge is 0.416 e. The molecule has 24 heavy (non-hydrogen) atoms. The van der Waals surface area contributed by atoms with Crippen molar-refractivity contribution in [1.82, 2.24) is 0 Å². The maximum Gasteiger partial charge on any atom is 0.416 e. The van der Waals surface area contributed by atoms with E-state index in [2.05, 4.69) is 4.18 Å². The van der Waals surface area contributed by atoms with Gasteiger partial charge in [0, 0.05) is 0 Å². The lowest BCUT2D eigenvalue weighted by Crippen LogP contribution is -2.43. The third-order valence-corrected chi connectivity index (χ3v) is 4.39. The summed E-state index contributed by atoms with van der Waals surface area (Å²) >= 11 is -2.40. The van der Waals surface area contributed by atoms with Crippen molar-refractivity contribution in [2.24, 2.45) is 5.92 Å². The highest BCUT2D eigenvalue weighted by atomic mass is 32.2. The molecule has 0 saturated heterocycles. The second kappa shape index (κ2) is 8.31. The first-order valence-electron chi connectivity index (χ1n) is 7.64. The fraction of sp³-hybridized carbons (Fsp3) is 0.625. The molecular weight excluding hydrogens is 345 g/mol. The van der Waals surface area contributed by atoms with Gasteiger partial charge in [-0.15, -0.1) is 0 Å². The van der Waals surface area contributed by atoms with Crippen molar-refractivity contribution in [2.75, 3.05) is 0 Å². The van der Waals surface area contributed by atoms with Crippen LogP contribution in [0, 0.1) is 5.92 Å². The average Bonchev–Trinajstić information content (AvgIpc) is 2.43. The summed E-state index contributed by atoms with van der Waals surface area (Å²) in [6, 6.07) is 6.54. The van der Waals surface area contributed by atoms with Gasteiger partial charge in [0.1, 0.15) is 5.75 Å². The predicted molar refractivity (Wildman–Crippen MR) is 86.0 cm³/mol. The fourth-order valence-corrected chi connectivity index (χ4v) is 3.06. The molecule has 4 atom stereocenters.